The van der Waals surface area contributed by atoms with E-state index in [0.717, 1.165) is 47.3 Å². The van der Waals surface area contributed by atoms with Crippen molar-refractivity contribution in [3.05, 3.63) is 0 Å². The largest absolute Gasteiger partial charge is 0.371 e. The minimum Gasteiger partial charge on any atom is -0.371 e. The minimum absolute atomic E-state index is 0.238. The topological polar surface area (TPSA) is 9.23 Å². The van der Waals surface area contributed by atoms with Gasteiger partial charge in [0.15, 0.2) is 0 Å². The van der Waals surface area contributed by atoms with Crippen molar-refractivity contribution in [1.82, 2.24) is 0 Å². The molecule has 6 aliphatic rings. The van der Waals surface area contributed by atoms with Crippen molar-refractivity contribution >= 4 is 0 Å². The Hall–Kier alpha value is -0.0400. The molecule has 0 amide bonds. The number of hydrogen-bond acceptors (Lipinski definition) is 1. The van der Waals surface area contributed by atoms with Gasteiger partial charge in [0.1, 0.15) is 0 Å². The predicted octanol–water partition coefficient (Wildman–Crippen LogP) is 8.90. The molecule has 0 aromatic heterocycles. The molecule has 5 saturated carbocycles. The fourth-order valence-electron chi connectivity index (χ4n) is 11.6. The Balaban J connectivity index is 1.22. The van der Waals surface area contributed by atoms with E-state index >= 15 is 0 Å². The van der Waals surface area contributed by atoms with E-state index in [2.05, 4.69) is 48.5 Å². The van der Waals surface area contributed by atoms with Gasteiger partial charge >= 0.3 is 0 Å². The molecule has 1 spiro atoms. The van der Waals surface area contributed by atoms with Crippen LogP contribution in [-0.4, -0.2) is 11.7 Å². The molecule has 5 aliphatic carbocycles. The highest BCUT2D eigenvalue weighted by Gasteiger charge is 2.68. The third kappa shape index (κ3) is 3.25. The van der Waals surface area contributed by atoms with Crippen LogP contribution >= 0.6 is 0 Å². The molecule has 1 aliphatic heterocycles. The third-order valence-electron chi connectivity index (χ3n) is 13.9. The van der Waals surface area contributed by atoms with Crippen LogP contribution in [0.2, 0.25) is 0 Å². The van der Waals surface area contributed by atoms with Crippen molar-refractivity contribution in [1.29, 1.82) is 0 Å². The van der Waals surface area contributed by atoms with E-state index in [4.69, 9.17) is 4.74 Å². The van der Waals surface area contributed by atoms with Crippen LogP contribution in [0.4, 0.5) is 0 Å². The lowest BCUT2D eigenvalue weighted by molar-refractivity contribution is -0.135. The van der Waals surface area contributed by atoms with Crippen LogP contribution < -0.4 is 0 Å². The quantitative estimate of drug-likeness (QED) is 0.355. The van der Waals surface area contributed by atoms with E-state index in [1.165, 1.54) is 77.0 Å². The highest BCUT2D eigenvalue weighted by atomic mass is 16.5. The van der Waals surface area contributed by atoms with Crippen LogP contribution in [0.5, 0.6) is 0 Å². The van der Waals surface area contributed by atoms with Gasteiger partial charge in [-0.15, -0.1) is 0 Å². The van der Waals surface area contributed by atoms with Gasteiger partial charge in [0.05, 0.1) is 11.7 Å². The Kier molecular flexibility index (Phi) is 5.30. The Morgan fingerprint density at radius 3 is 2.12 bits per heavy atom. The first-order valence-electron chi connectivity index (χ1n) is 15.2. The molecular weight excluding hydrogens is 400 g/mol. The lowest BCUT2D eigenvalue weighted by atomic mass is 9.43. The molecule has 1 heteroatoms. The fourth-order valence-corrected chi connectivity index (χ4v) is 11.6. The Bertz CT molecular complexity index is 755. The van der Waals surface area contributed by atoms with Crippen molar-refractivity contribution in [3.8, 4) is 0 Å². The number of ether oxygens (including phenoxy) is 1. The lowest BCUT2D eigenvalue weighted by Crippen LogP contribution is -2.55. The van der Waals surface area contributed by atoms with Crippen LogP contribution in [0.15, 0.2) is 0 Å². The van der Waals surface area contributed by atoms with Crippen molar-refractivity contribution in [2.75, 3.05) is 0 Å². The summed E-state index contributed by atoms with van der Waals surface area (Å²) in [7, 11) is 0. The first-order valence-corrected chi connectivity index (χ1v) is 15.2. The number of hydrogen-bond donors (Lipinski definition) is 0. The van der Waals surface area contributed by atoms with Gasteiger partial charge in [-0.1, -0.05) is 48.5 Å². The zero-order chi connectivity index (χ0) is 23.4. The second-order valence-electron chi connectivity index (χ2n) is 16.0. The molecule has 0 aromatic rings. The van der Waals surface area contributed by atoms with E-state index in [9.17, 15) is 0 Å². The van der Waals surface area contributed by atoms with Crippen LogP contribution in [0.3, 0.4) is 0 Å². The maximum absolute atomic E-state index is 7.19. The van der Waals surface area contributed by atoms with Gasteiger partial charge in [-0.2, -0.15) is 0 Å². The Morgan fingerprint density at radius 1 is 0.727 bits per heavy atom. The lowest BCUT2D eigenvalue weighted by Gasteiger charge is -2.62. The minimum atomic E-state index is 0.238. The molecule has 33 heavy (non-hydrogen) atoms. The number of fused-ring (bicyclic) bond motifs is 7. The van der Waals surface area contributed by atoms with Crippen molar-refractivity contribution in [3.63, 3.8) is 0 Å². The third-order valence-corrected chi connectivity index (χ3v) is 13.9. The van der Waals surface area contributed by atoms with Gasteiger partial charge in [0.25, 0.3) is 0 Å². The second-order valence-corrected chi connectivity index (χ2v) is 16.0. The zero-order valence-electron chi connectivity index (χ0n) is 23.1. The van der Waals surface area contributed by atoms with E-state index < -0.39 is 0 Å². The summed E-state index contributed by atoms with van der Waals surface area (Å²) < 4.78 is 7.19. The van der Waals surface area contributed by atoms with Gasteiger partial charge in [0.2, 0.25) is 0 Å². The smallest absolute Gasteiger partial charge is 0.0715 e. The summed E-state index contributed by atoms with van der Waals surface area (Å²) >= 11 is 0. The van der Waals surface area contributed by atoms with Crippen LogP contribution in [0.1, 0.15) is 126 Å². The van der Waals surface area contributed by atoms with E-state index in [-0.39, 0.29) is 5.60 Å². The molecule has 10 atom stereocenters. The molecule has 1 heterocycles. The monoisotopic (exact) mass is 454 g/mol. The molecule has 1 unspecified atom stereocenters. The van der Waals surface area contributed by atoms with Crippen LogP contribution in [-0.2, 0) is 4.74 Å². The predicted molar refractivity (Wildman–Crippen MR) is 138 cm³/mol. The van der Waals surface area contributed by atoms with Gasteiger partial charge in [-0.05, 0) is 141 Å². The van der Waals surface area contributed by atoms with E-state index in [1.807, 2.05) is 0 Å². The summed E-state index contributed by atoms with van der Waals surface area (Å²) in [5.74, 6) is 7.37. The standard InChI is InChI=1S/C32H54O/c1-20-10-16-32(17-11-20)21(2)28-27(33-32)19-26-24-9-8-23-18-22(29(3,4)5)12-14-30(23,6)25(24)13-15-31(26,28)7/h20-28H,8-19H2,1-7H3/t20?,21-,22?,23+,24+,25-,26-,27-,28-,30-,31-,32?/m0/s1. The summed E-state index contributed by atoms with van der Waals surface area (Å²) in [4.78, 5) is 0. The summed E-state index contributed by atoms with van der Waals surface area (Å²) in [5, 5.41) is 0. The average molecular weight is 455 g/mol. The van der Waals surface area contributed by atoms with Gasteiger partial charge < -0.3 is 4.74 Å². The van der Waals surface area contributed by atoms with Gasteiger partial charge in [-0.25, -0.2) is 0 Å². The highest BCUT2D eigenvalue weighted by Crippen LogP contribution is 2.72. The number of rotatable bonds is 0. The molecule has 1 saturated heterocycles. The van der Waals surface area contributed by atoms with Gasteiger partial charge in [-0.3, -0.25) is 0 Å². The molecular formula is C32H54O. The summed E-state index contributed by atoms with van der Waals surface area (Å²) in [5.41, 5.74) is 1.90. The second kappa shape index (κ2) is 7.49. The molecule has 6 fully saturated rings. The van der Waals surface area contributed by atoms with Crippen molar-refractivity contribution < 1.29 is 4.74 Å². The summed E-state index contributed by atoms with van der Waals surface area (Å²) in [6.45, 7) is 18.1. The molecule has 0 N–H and O–H groups in total. The van der Waals surface area contributed by atoms with E-state index in [1.54, 1.807) is 0 Å². The Morgan fingerprint density at radius 2 is 1.42 bits per heavy atom. The fraction of sp³-hybridized carbons (Fsp3) is 1.00. The molecule has 1 nitrogen and oxygen atoms in total. The van der Waals surface area contributed by atoms with Crippen molar-refractivity contribution in [2.24, 2.45) is 63.6 Å². The SMILES string of the molecule is CC1CCC2(CC1)O[C@H]1C[C@H]3[C@@H]4CC[C@@H]5CC(C(C)(C)C)CC[C@]5(C)[C@H]4CC[C@]3(C)[C@H]1[C@@H]2C. The summed E-state index contributed by atoms with van der Waals surface area (Å²) in [6, 6.07) is 0. The Labute approximate surface area is 205 Å². The highest BCUT2D eigenvalue weighted by molar-refractivity contribution is 5.16. The van der Waals surface area contributed by atoms with Gasteiger partial charge in [0, 0.05) is 0 Å². The first kappa shape index (κ1) is 23.4. The summed E-state index contributed by atoms with van der Waals surface area (Å²) in [6.07, 6.45) is 18.0. The molecule has 0 radical (unpaired) electrons. The molecule has 0 aromatic carbocycles. The average Bonchev–Trinajstić information content (AvgIpc) is 3.19. The van der Waals surface area contributed by atoms with Crippen LogP contribution in [0, 0.1) is 63.6 Å². The first-order chi connectivity index (χ1) is 15.5. The van der Waals surface area contributed by atoms with Crippen molar-refractivity contribution in [2.45, 2.75) is 137 Å². The molecule has 6 rings (SSSR count). The maximum Gasteiger partial charge on any atom is 0.0715 e. The molecule has 188 valence electrons. The van der Waals surface area contributed by atoms with E-state index in [0.29, 0.717) is 22.3 Å². The van der Waals surface area contributed by atoms with Crippen LogP contribution in [0.25, 0.3) is 0 Å². The normalized spacial score (nSPS) is 58.5. The molecule has 0 bridgehead atoms. The maximum atomic E-state index is 7.19. The zero-order valence-corrected chi connectivity index (χ0v) is 23.1.